The molecule has 1 aromatic carbocycles. The fourth-order valence-electron chi connectivity index (χ4n) is 1.40. The van der Waals surface area contributed by atoms with E-state index in [0.29, 0.717) is 5.69 Å². The van der Waals surface area contributed by atoms with Crippen LogP contribution in [0, 0.1) is 0 Å². The van der Waals surface area contributed by atoms with Crippen LogP contribution in [-0.2, 0) is 4.79 Å². The minimum absolute atomic E-state index is 0.434. The van der Waals surface area contributed by atoms with E-state index >= 15 is 0 Å². The number of fused-ring (bicyclic) bond motifs is 1. The third-order valence-corrected chi connectivity index (χ3v) is 4.50. The van der Waals surface area contributed by atoms with Gasteiger partial charge in [0.1, 0.15) is 0 Å². The Balaban J connectivity index is 2.12. The number of imide groups is 1. The van der Waals surface area contributed by atoms with Crippen LogP contribution in [0.5, 0.6) is 0 Å². The van der Waals surface area contributed by atoms with E-state index in [2.05, 4.69) is 4.98 Å². The van der Waals surface area contributed by atoms with Gasteiger partial charge in [-0.3, -0.25) is 10.1 Å². The molecule has 3 amide bonds. The molecule has 1 unspecified atom stereocenters. The highest BCUT2D eigenvalue weighted by Crippen LogP contribution is 2.32. The zero-order chi connectivity index (χ0) is 14.0. The number of carbonyl (C=O) groups is 2. The lowest BCUT2D eigenvalue weighted by molar-refractivity contribution is -0.119. The molecule has 0 saturated carbocycles. The van der Waals surface area contributed by atoms with Gasteiger partial charge in [-0.1, -0.05) is 11.8 Å². The molecular formula is C11H12N4O2S2. The number of rotatable bonds is 3. The molecule has 0 saturated heterocycles. The van der Waals surface area contributed by atoms with Crippen molar-refractivity contribution in [3.05, 3.63) is 18.2 Å². The molecule has 100 valence electrons. The predicted molar refractivity (Wildman–Crippen MR) is 77.1 cm³/mol. The highest BCUT2D eigenvalue weighted by Gasteiger charge is 2.17. The third kappa shape index (κ3) is 3.36. The van der Waals surface area contributed by atoms with Gasteiger partial charge in [0.2, 0.25) is 5.91 Å². The zero-order valence-electron chi connectivity index (χ0n) is 10.0. The average Bonchev–Trinajstić information content (AvgIpc) is 2.69. The fourth-order valence-corrected chi connectivity index (χ4v) is 3.66. The third-order valence-electron chi connectivity index (χ3n) is 2.29. The number of nitrogens with one attached hydrogen (secondary N) is 1. The first-order valence-electron chi connectivity index (χ1n) is 5.38. The van der Waals surface area contributed by atoms with E-state index in [-0.39, 0.29) is 0 Å². The molecule has 2 rings (SSSR count). The quantitative estimate of drug-likeness (QED) is 0.588. The molecule has 19 heavy (non-hydrogen) atoms. The average molecular weight is 296 g/mol. The SMILES string of the molecule is CC(Sc1nc2ccc(N)cc2s1)C(=O)NC(N)=O. The second-order valence-electron chi connectivity index (χ2n) is 3.82. The number of thioether (sulfide) groups is 1. The molecule has 6 nitrogen and oxygen atoms in total. The number of hydrogen-bond donors (Lipinski definition) is 3. The second kappa shape index (κ2) is 5.45. The first-order chi connectivity index (χ1) is 8.95. The number of nitrogens with zero attached hydrogens (tertiary/aromatic N) is 1. The number of primary amides is 1. The molecule has 5 N–H and O–H groups in total. The first kappa shape index (κ1) is 13.6. The Morgan fingerprint density at radius 1 is 1.47 bits per heavy atom. The molecular weight excluding hydrogens is 284 g/mol. The zero-order valence-corrected chi connectivity index (χ0v) is 11.7. The van der Waals surface area contributed by atoms with Crippen LogP contribution in [0.25, 0.3) is 10.2 Å². The Hall–Kier alpha value is -1.80. The molecule has 0 aliphatic rings. The van der Waals surface area contributed by atoms with E-state index < -0.39 is 17.2 Å². The van der Waals surface area contributed by atoms with Crippen molar-refractivity contribution in [2.45, 2.75) is 16.5 Å². The van der Waals surface area contributed by atoms with Crippen LogP contribution in [0.3, 0.4) is 0 Å². The maximum atomic E-state index is 11.6. The van der Waals surface area contributed by atoms with Gasteiger partial charge in [-0.25, -0.2) is 9.78 Å². The summed E-state index contributed by atoms with van der Waals surface area (Å²) in [6.07, 6.45) is 0. The maximum Gasteiger partial charge on any atom is 0.318 e. The van der Waals surface area contributed by atoms with Gasteiger partial charge in [0.05, 0.1) is 15.5 Å². The highest BCUT2D eigenvalue weighted by atomic mass is 32.2. The van der Waals surface area contributed by atoms with Crippen molar-refractivity contribution < 1.29 is 9.59 Å². The van der Waals surface area contributed by atoms with Gasteiger partial charge in [-0.15, -0.1) is 11.3 Å². The lowest BCUT2D eigenvalue weighted by Crippen LogP contribution is -2.39. The van der Waals surface area contributed by atoms with Crippen molar-refractivity contribution in [3.63, 3.8) is 0 Å². The molecule has 1 atom stereocenters. The van der Waals surface area contributed by atoms with E-state index in [9.17, 15) is 9.59 Å². The molecule has 0 spiro atoms. The molecule has 2 aromatic rings. The molecule has 1 heterocycles. The molecule has 8 heteroatoms. The van der Waals surface area contributed by atoms with Gasteiger partial charge in [0.15, 0.2) is 4.34 Å². The molecule has 0 radical (unpaired) electrons. The number of amides is 3. The number of anilines is 1. The van der Waals surface area contributed by atoms with Crippen LogP contribution in [0.4, 0.5) is 10.5 Å². The summed E-state index contributed by atoms with van der Waals surface area (Å²) in [5.74, 6) is -0.434. The summed E-state index contributed by atoms with van der Waals surface area (Å²) in [5, 5.41) is 1.59. The number of benzene rings is 1. The van der Waals surface area contributed by atoms with Crippen molar-refractivity contribution in [3.8, 4) is 0 Å². The summed E-state index contributed by atoms with van der Waals surface area (Å²) in [4.78, 5) is 26.5. The summed E-state index contributed by atoms with van der Waals surface area (Å²) in [6.45, 7) is 1.68. The van der Waals surface area contributed by atoms with Crippen molar-refractivity contribution in [1.82, 2.24) is 10.3 Å². The minimum atomic E-state index is -0.852. The van der Waals surface area contributed by atoms with Crippen LogP contribution < -0.4 is 16.8 Å². The van der Waals surface area contributed by atoms with Gasteiger partial charge in [0, 0.05) is 5.69 Å². The number of aromatic nitrogens is 1. The lowest BCUT2D eigenvalue weighted by Gasteiger charge is -2.06. The van der Waals surface area contributed by atoms with E-state index in [1.165, 1.54) is 23.1 Å². The van der Waals surface area contributed by atoms with Crippen LogP contribution >= 0.6 is 23.1 Å². The van der Waals surface area contributed by atoms with Crippen LogP contribution in [-0.4, -0.2) is 22.2 Å². The van der Waals surface area contributed by atoms with Gasteiger partial charge < -0.3 is 11.5 Å². The fraction of sp³-hybridized carbons (Fsp3) is 0.182. The maximum absolute atomic E-state index is 11.6. The first-order valence-corrected chi connectivity index (χ1v) is 7.08. The smallest absolute Gasteiger partial charge is 0.318 e. The molecule has 0 bridgehead atoms. The van der Waals surface area contributed by atoms with E-state index in [4.69, 9.17) is 11.5 Å². The largest absolute Gasteiger partial charge is 0.399 e. The van der Waals surface area contributed by atoms with Gasteiger partial charge in [-0.05, 0) is 25.1 Å². The topological polar surface area (TPSA) is 111 Å². The Morgan fingerprint density at radius 2 is 2.21 bits per heavy atom. The monoisotopic (exact) mass is 296 g/mol. The number of carbonyl (C=O) groups excluding carboxylic acids is 2. The minimum Gasteiger partial charge on any atom is -0.399 e. The number of nitrogen functional groups attached to an aromatic ring is 1. The van der Waals surface area contributed by atoms with Crippen molar-refractivity contribution in [2.75, 3.05) is 5.73 Å². The summed E-state index contributed by atoms with van der Waals surface area (Å²) < 4.78 is 1.71. The molecule has 1 aromatic heterocycles. The van der Waals surface area contributed by atoms with Gasteiger partial charge in [0.25, 0.3) is 0 Å². The Labute approximate surface area is 117 Å². The predicted octanol–water partition coefficient (Wildman–Crippen LogP) is 1.55. The number of hydrogen-bond acceptors (Lipinski definition) is 6. The van der Waals surface area contributed by atoms with Crippen molar-refractivity contribution >= 4 is 50.9 Å². The summed E-state index contributed by atoms with van der Waals surface area (Å²) in [5.41, 5.74) is 12.1. The molecule has 0 fully saturated rings. The summed E-state index contributed by atoms with van der Waals surface area (Å²) >= 11 is 2.72. The van der Waals surface area contributed by atoms with Crippen LogP contribution in [0.1, 0.15) is 6.92 Å². The number of nitrogens with two attached hydrogens (primary N) is 2. The van der Waals surface area contributed by atoms with E-state index in [0.717, 1.165) is 14.6 Å². The van der Waals surface area contributed by atoms with E-state index in [1.807, 2.05) is 17.4 Å². The Bertz CT molecular complexity index is 641. The summed E-state index contributed by atoms with van der Waals surface area (Å²) in [7, 11) is 0. The molecule has 0 aliphatic heterocycles. The van der Waals surface area contributed by atoms with Crippen molar-refractivity contribution in [1.29, 1.82) is 0 Å². The number of urea groups is 1. The highest BCUT2D eigenvalue weighted by molar-refractivity contribution is 8.02. The molecule has 0 aliphatic carbocycles. The van der Waals surface area contributed by atoms with Crippen LogP contribution in [0.2, 0.25) is 0 Å². The lowest BCUT2D eigenvalue weighted by atomic mass is 10.3. The van der Waals surface area contributed by atoms with Gasteiger partial charge >= 0.3 is 6.03 Å². The normalized spacial score (nSPS) is 12.3. The Kier molecular flexibility index (Phi) is 3.91. The second-order valence-corrected chi connectivity index (χ2v) is 6.44. The summed E-state index contributed by atoms with van der Waals surface area (Å²) in [6, 6.07) is 4.60. The van der Waals surface area contributed by atoms with Crippen molar-refractivity contribution in [2.24, 2.45) is 5.73 Å². The number of thiazole rings is 1. The Morgan fingerprint density at radius 3 is 2.89 bits per heavy atom. The van der Waals surface area contributed by atoms with Gasteiger partial charge in [-0.2, -0.15) is 0 Å². The van der Waals surface area contributed by atoms with E-state index in [1.54, 1.807) is 13.0 Å². The van der Waals surface area contributed by atoms with Crippen LogP contribution in [0.15, 0.2) is 22.5 Å². The standard InChI is InChI=1S/C11H12N4O2S2/c1-5(9(16)15-10(13)17)18-11-14-7-3-2-6(12)4-8(7)19-11/h2-5H,12H2,1H3,(H3,13,15,16,17).